The van der Waals surface area contributed by atoms with Crippen LogP contribution in [0.4, 0.5) is 0 Å². The van der Waals surface area contributed by atoms with E-state index in [0.717, 1.165) is 45.1 Å². The fourth-order valence-corrected chi connectivity index (χ4v) is 2.49. The van der Waals surface area contributed by atoms with Gasteiger partial charge in [-0.3, -0.25) is 4.99 Å². The summed E-state index contributed by atoms with van der Waals surface area (Å²) in [6.07, 6.45) is 2.33. The van der Waals surface area contributed by atoms with Gasteiger partial charge in [-0.15, -0.1) is 24.0 Å². The van der Waals surface area contributed by atoms with Crippen molar-refractivity contribution >= 4 is 29.9 Å². The molecule has 0 saturated carbocycles. The summed E-state index contributed by atoms with van der Waals surface area (Å²) in [6.45, 7) is 4.41. The molecule has 1 aliphatic rings. The van der Waals surface area contributed by atoms with Gasteiger partial charge in [0.15, 0.2) is 5.96 Å². The first kappa shape index (κ1) is 22.1. The Bertz CT molecular complexity index is 491. The van der Waals surface area contributed by atoms with E-state index in [2.05, 4.69) is 39.9 Å². The smallest absolute Gasteiger partial charge is 0.191 e. The van der Waals surface area contributed by atoms with Gasteiger partial charge in [0.1, 0.15) is 0 Å². The summed E-state index contributed by atoms with van der Waals surface area (Å²) >= 11 is 0. The Morgan fingerprint density at radius 2 is 1.84 bits per heavy atom. The second-order valence-corrected chi connectivity index (χ2v) is 5.78. The van der Waals surface area contributed by atoms with Crippen LogP contribution < -0.4 is 10.6 Å². The van der Waals surface area contributed by atoms with Crippen molar-refractivity contribution in [3.05, 3.63) is 35.4 Å². The van der Waals surface area contributed by atoms with Crippen LogP contribution >= 0.6 is 24.0 Å². The molecule has 7 heteroatoms. The first-order valence-electron chi connectivity index (χ1n) is 8.52. The van der Waals surface area contributed by atoms with Crippen molar-refractivity contribution < 1.29 is 14.2 Å². The molecular formula is C18H30IN3O3. The monoisotopic (exact) mass is 463 g/mol. The van der Waals surface area contributed by atoms with Crippen molar-refractivity contribution in [3.63, 3.8) is 0 Å². The minimum absolute atomic E-state index is 0. The zero-order valence-electron chi connectivity index (χ0n) is 15.1. The number of benzene rings is 1. The Labute approximate surface area is 167 Å². The first-order chi connectivity index (χ1) is 11.8. The molecule has 0 atom stereocenters. The van der Waals surface area contributed by atoms with Crippen LogP contribution in [0.25, 0.3) is 0 Å². The van der Waals surface area contributed by atoms with E-state index in [1.807, 2.05) is 0 Å². The summed E-state index contributed by atoms with van der Waals surface area (Å²) in [5, 5.41) is 6.48. The van der Waals surface area contributed by atoms with Gasteiger partial charge in [0.05, 0.1) is 19.3 Å². The molecular weight excluding hydrogens is 433 g/mol. The summed E-state index contributed by atoms with van der Waals surface area (Å²) < 4.78 is 16.3. The lowest BCUT2D eigenvalue weighted by atomic mass is 10.1. The van der Waals surface area contributed by atoms with Crippen LogP contribution in [0.15, 0.2) is 29.3 Å². The van der Waals surface area contributed by atoms with Gasteiger partial charge in [0.2, 0.25) is 0 Å². The van der Waals surface area contributed by atoms with Crippen LogP contribution in [0.3, 0.4) is 0 Å². The number of ether oxygens (including phenoxy) is 3. The highest BCUT2D eigenvalue weighted by molar-refractivity contribution is 14.0. The summed E-state index contributed by atoms with van der Waals surface area (Å²) in [5.74, 6) is 0.777. The molecule has 2 N–H and O–H groups in total. The molecule has 1 fully saturated rings. The van der Waals surface area contributed by atoms with Crippen molar-refractivity contribution in [3.8, 4) is 0 Å². The molecule has 0 unspecified atom stereocenters. The van der Waals surface area contributed by atoms with Crippen molar-refractivity contribution in [2.24, 2.45) is 4.99 Å². The maximum Gasteiger partial charge on any atom is 0.191 e. The fraction of sp³-hybridized carbons (Fsp3) is 0.611. The Kier molecular flexibility index (Phi) is 11.8. The highest BCUT2D eigenvalue weighted by Crippen LogP contribution is 2.14. The third-order valence-electron chi connectivity index (χ3n) is 3.96. The van der Waals surface area contributed by atoms with Gasteiger partial charge < -0.3 is 24.8 Å². The Morgan fingerprint density at radius 3 is 2.48 bits per heavy atom. The first-order valence-corrected chi connectivity index (χ1v) is 8.52. The lowest BCUT2D eigenvalue weighted by molar-refractivity contribution is -0.0390. The number of halogens is 1. The Balaban J connectivity index is 0.00000312. The topological polar surface area (TPSA) is 64.1 Å². The number of methoxy groups -OCH3 is 1. The van der Waals surface area contributed by atoms with Crippen LogP contribution in [0.5, 0.6) is 0 Å². The van der Waals surface area contributed by atoms with E-state index in [-0.39, 0.29) is 24.0 Å². The normalized spacial score (nSPS) is 15.5. The number of aliphatic imine (C=N–C) groups is 1. The molecule has 1 aliphatic heterocycles. The number of rotatable bonds is 8. The molecule has 0 aromatic heterocycles. The summed E-state index contributed by atoms with van der Waals surface area (Å²) in [7, 11) is 3.45. The van der Waals surface area contributed by atoms with E-state index in [0.29, 0.717) is 19.3 Å². The number of guanidine groups is 1. The number of hydrogen-bond acceptors (Lipinski definition) is 4. The third-order valence-corrected chi connectivity index (χ3v) is 3.96. The van der Waals surface area contributed by atoms with E-state index in [1.54, 1.807) is 14.2 Å². The highest BCUT2D eigenvalue weighted by Gasteiger charge is 2.13. The molecule has 25 heavy (non-hydrogen) atoms. The summed E-state index contributed by atoms with van der Waals surface area (Å²) in [4.78, 5) is 4.18. The van der Waals surface area contributed by atoms with Crippen LogP contribution in [-0.2, 0) is 27.4 Å². The van der Waals surface area contributed by atoms with Crippen molar-refractivity contribution in [2.75, 3.05) is 40.5 Å². The fourth-order valence-electron chi connectivity index (χ4n) is 2.49. The molecule has 1 aromatic carbocycles. The van der Waals surface area contributed by atoms with Gasteiger partial charge in [0, 0.05) is 40.5 Å². The molecule has 0 bridgehead atoms. The summed E-state index contributed by atoms with van der Waals surface area (Å²) in [6, 6.07) is 8.49. The van der Waals surface area contributed by atoms with E-state index in [1.165, 1.54) is 11.1 Å². The molecule has 142 valence electrons. The van der Waals surface area contributed by atoms with E-state index >= 15 is 0 Å². The Hall–Kier alpha value is -0.900. The predicted molar refractivity (Wildman–Crippen MR) is 111 cm³/mol. The molecule has 1 saturated heterocycles. The van der Waals surface area contributed by atoms with Gasteiger partial charge in [0.25, 0.3) is 0 Å². The quantitative estimate of drug-likeness (QED) is 0.268. The standard InChI is InChI=1S/C18H29N3O3.HI/c1-19-18(20-9-12-22-2)21-13-15-3-5-16(6-4-15)14-24-17-7-10-23-11-8-17;/h3-6,17H,7-14H2,1-2H3,(H2,19,20,21);1H. The molecule has 0 aliphatic carbocycles. The lowest BCUT2D eigenvalue weighted by Gasteiger charge is -2.22. The molecule has 1 aromatic rings. The maximum atomic E-state index is 5.94. The maximum absolute atomic E-state index is 5.94. The van der Waals surface area contributed by atoms with Gasteiger partial charge in [-0.2, -0.15) is 0 Å². The number of nitrogens with one attached hydrogen (secondary N) is 2. The zero-order valence-corrected chi connectivity index (χ0v) is 17.5. The molecule has 0 amide bonds. The van der Waals surface area contributed by atoms with Gasteiger partial charge in [-0.1, -0.05) is 24.3 Å². The largest absolute Gasteiger partial charge is 0.383 e. The van der Waals surface area contributed by atoms with Crippen LogP contribution in [0.2, 0.25) is 0 Å². The van der Waals surface area contributed by atoms with E-state index in [9.17, 15) is 0 Å². The number of nitrogens with zero attached hydrogens (tertiary/aromatic N) is 1. The second kappa shape index (κ2) is 13.3. The minimum atomic E-state index is 0. The third kappa shape index (κ3) is 8.84. The number of hydrogen-bond donors (Lipinski definition) is 2. The predicted octanol–water partition coefficient (Wildman–Crippen LogP) is 2.31. The molecule has 1 heterocycles. The van der Waals surface area contributed by atoms with Gasteiger partial charge >= 0.3 is 0 Å². The minimum Gasteiger partial charge on any atom is -0.383 e. The van der Waals surface area contributed by atoms with Crippen molar-refractivity contribution in [1.82, 2.24) is 10.6 Å². The van der Waals surface area contributed by atoms with Crippen LogP contribution in [0, 0.1) is 0 Å². The molecule has 0 spiro atoms. The van der Waals surface area contributed by atoms with Crippen molar-refractivity contribution in [1.29, 1.82) is 0 Å². The van der Waals surface area contributed by atoms with Crippen LogP contribution in [-0.4, -0.2) is 52.6 Å². The molecule has 0 radical (unpaired) electrons. The second-order valence-electron chi connectivity index (χ2n) is 5.78. The SMILES string of the molecule is CN=C(NCCOC)NCc1ccc(COC2CCOCC2)cc1.I. The summed E-state index contributed by atoms with van der Waals surface area (Å²) in [5.41, 5.74) is 2.41. The average molecular weight is 463 g/mol. The van der Waals surface area contributed by atoms with Crippen LogP contribution in [0.1, 0.15) is 24.0 Å². The van der Waals surface area contributed by atoms with Crippen molar-refractivity contribution in [2.45, 2.75) is 32.1 Å². The van der Waals surface area contributed by atoms with Gasteiger partial charge in [-0.25, -0.2) is 0 Å². The molecule has 2 rings (SSSR count). The molecule has 6 nitrogen and oxygen atoms in total. The lowest BCUT2D eigenvalue weighted by Crippen LogP contribution is -2.38. The zero-order chi connectivity index (χ0) is 17.0. The Morgan fingerprint density at radius 1 is 1.16 bits per heavy atom. The van der Waals surface area contributed by atoms with Gasteiger partial charge in [-0.05, 0) is 24.0 Å². The highest BCUT2D eigenvalue weighted by atomic mass is 127. The average Bonchev–Trinajstić information content (AvgIpc) is 2.64. The van der Waals surface area contributed by atoms with E-state index in [4.69, 9.17) is 14.2 Å². The van der Waals surface area contributed by atoms with E-state index < -0.39 is 0 Å².